The van der Waals surface area contributed by atoms with Gasteiger partial charge >= 0.3 is 0 Å². The van der Waals surface area contributed by atoms with Gasteiger partial charge in [0.2, 0.25) is 0 Å². The maximum Gasteiger partial charge on any atom is 0.184 e. The van der Waals surface area contributed by atoms with Crippen LogP contribution in [0.3, 0.4) is 0 Å². The van der Waals surface area contributed by atoms with E-state index in [1.165, 1.54) is 0 Å². The van der Waals surface area contributed by atoms with Gasteiger partial charge in [0.15, 0.2) is 5.78 Å². The molecule has 2 N–H and O–H groups in total. The lowest BCUT2D eigenvalue weighted by Crippen LogP contribution is -2.34. The smallest absolute Gasteiger partial charge is 0.184 e. The van der Waals surface area contributed by atoms with Crippen molar-refractivity contribution in [2.75, 3.05) is 6.61 Å². The number of carbonyl (C=O) groups excluding carboxylic acids is 1. The fourth-order valence-corrected chi connectivity index (χ4v) is 2.17. The van der Waals surface area contributed by atoms with Gasteiger partial charge in [-0.25, -0.2) is 0 Å². The minimum absolute atomic E-state index is 0.150. The van der Waals surface area contributed by atoms with E-state index in [1.807, 2.05) is 6.07 Å². The number of carbonyl (C=O) groups is 1. The van der Waals surface area contributed by atoms with Crippen LogP contribution in [0.15, 0.2) is 18.2 Å². The second kappa shape index (κ2) is 5.83. The van der Waals surface area contributed by atoms with Crippen LogP contribution in [0, 0.1) is 11.3 Å². The van der Waals surface area contributed by atoms with Crippen molar-refractivity contribution >= 4 is 5.78 Å². The van der Waals surface area contributed by atoms with Gasteiger partial charge in [-0.1, -0.05) is 12.1 Å². The summed E-state index contributed by atoms with van der Waals surface area (Å²) in [4.78, 5) is 11.3. The average Bonchev–Trinajstić information content (AvgIpc) is 2.38. The molecule has 1 aromatic carbocycles. The molecule has 5 heteroatoms. The second-order valence-corrected chi connectivity index (χ2v) is 4.60. The summed E-state index contributed by atoms with van der Waals surface area (Å²) >= 11 is 0. The number of aliphatic hydroxyl groups excluding tert-OH is 2. The number of nitrogens with zero attached hydrogens (tertiary/aromatic N) is 1. The lowest BCUT2D eigenvalue weighted by Gasteiger charge is -2.27. The third-order valence-corrected chi connectivity index (χ3v) is 3.18. The Balaban J connectivity index is 2.13. The number of hydrogen-bond acceptors (Lipinski definition) is 5. The molecule has 0 fully saturated rings. The molecule has 0 heterocycles. The van der Waals surface area contributed by atoms with Crippen molar-refractivity contribution in [2.45, 2.75) is 31.5 Å². The van der Waals surface area contributed by atoms with Crippen LogP contribution < -0.4 is 4.74 Å². The Bertz CT molecular complexity index is 521. The number of Topliss-reactive ketones (excluding diaryl/α,β-unsaturated/α-hetero) is 1. The van der Waals surface area contributed by atoms with E-state index < -0.39 is 12.2 Å². The molecule has 2 rings (SSSR count). The highest BCUT2D eigenvalue weighted by Gasteiger charge is 2.27. The summed E-state index contributed by atoms with van der Waals surface area (Å²) in [6.07, 6.45) is -1.06. The van der Waals surface area contributed by atoms with Crippen LogP contribution in [0.4, 0.5) is 0 Å². The Morgan fingerprint density at radius 3 is 2.84 bits per heavy atom. The summed E-state index contributed by atoms with van der Waals surface area (Å²) in [5.74, 6) is 0.256. The zero-order valence-corrected chi connectivity index (χ0v) is 10.4. The van der Waals surface area contributed by atoms with Crippen molar-refractivity contribution in [1.82, 2.24) is 0 Å². The molecule has 19 heavy (non-hydrogen) atoms. The van der Waals surface area contributed by atoms with E-state index in [1.54, 1.807) is 18.2 Å². The zero-order valence-electron chi connectivity index (χ0n) is 10.4. The highest BCUT2D eigenvalue weighted by Crippen LogP contribution is 2.30. The van der Waals surface area contributed by atoms with E-state index in [0.717, 1.165) is 11.1 Å². The van der Waals surface area contributed by atoms with Crippen molar-refractivity contribution in [1.29, 1.82) is 5.26 Å². The number of aliphatic hydroxyl groups is 2. The first-order valence-electron chi connectivity index (χ1n) is 6.10. The van der Waals surface area contributed by atoms with Gasteiger partial charge in [0.1, 0.15) is 12.4 Å². The van der Waals surface area contributed by atoms with Gasteiger partial charge in [-0.3, -0.25) is 4.79 Å². The zero-order chi connectivity index (χ0) is 13.8. The van der Waals surface area contributed by atoms with Gasteiger partial charge in [-0.2, -0.15) is 5.26 Å². The molecule has 0 saturated carbocycles. The fourth-order valence-electron chi connectivity index (χ4n) is 2.17. The highest BCUT2D eigenvalue weighted by molar-refractivity contribution is 5.81. The molecule has 2 unspecified atom stereocenters. The SMILES string of the molecule is N#CCC(=O)COc1cccc2c1CC(O)C(O)C2. The molecule has 2 atom stereocenters. The fraction of sp³-hybridized carbons (Fsp3) is 0.429. The van der Waals surface area contributed by atoms with Crippen LogP contribution in [0.5, 0.6) is 5.75 Å². The molecular formula is C14H15NO4. The lowest BCUT2D eigenvalue weighted by molar-refractivity contribution is -0.120. The molecule has 0 spiro atoms. The Morgan fingerprint density at radius 1 is 1.37 bits per heavy atom. The molecule has 1 aromatic rings. The molecule has 0 saturated heterocycles. The largest absolute Gasteiger partial charge is 0.486 e. The summed E-state index contributed by atoms with van der Waals surface area (Å²) in [6.45, 7) is -0.150. The lowest BCUT2D eigenvalue weighted by atomic mass is 9.87. The predicted molar refractivity (Wildman–Crippen MR) is 66.6 cm³/mol. The molecular weight excluding hydrogens is 246 g/mol. The number of ether oxygens (including phenoxy) is 1. The average molecular weight is 261 g/mol. The van der Waals surface area contributed by atoms with E-state index in [-0.39, 0.29) is 18.8 Å². The maximum atomic E-state index is 11.3. The van der Waals surface area contributed by atoms with Crippen molar-refractivity contribution in [3.8, 4) is 11.8 Å². The Morgan fingerprint density at radius 2 is 2.11 bits per heavy atom. The van der Waals surface area contributed by atoms with Crippen LogP contribution in [0.1, 0.15) is 17.5 Å². The quantitative estimate of drug-likeness (QED) is 0.817. The standard InChI is InChI=1S/C14H15NO4/c15-5-4-10(16)8-19-14-3-1-2-9-6-12(17)13(18)7-11(9)14/h1-3,12-13,17-18H,4,6-8H2. The normalized spacial score (nSPS) is 21.3. The van der Waals surface area contributed by atoms with Crippen LogP contribution in [0.2, 0.25) is 0 Å². The van der Waals surface area contributed by atoms with Crippen LogP contribution in [0.25, 0.3) is 0 Å². The third kappa shape index (κ3) is 3.11. The Labute approximate surface area is 111 Å². The number of rotatable bonds is 4. The van der Waals surface area contributed by atoms with Gasteiger partial charge in [0.05, 0.1) is 24.7 Å². The Hall–Kier alpha value is -1.90. The van der Waals surface area contributed by atoms with Crippen molar-refractivity contribution < 1.29 is 19.7 Å². The van der Waals surface area contributed by atoms with E-state index in [0.29, 0.717) is 18.6 Å². The van der Waals surface area contributed by atoms with E-state index >= 15 is 0 Å². The van der Waals surface area contributed by atoms with Crippen LogP contribution >= 0.6 is 0 Å². The summed E-state index contributed by atoms with van der Waals surface area (Å²) in [5.41, 5.74) is 1.74. The number of hydrogen-bond donors (Lipinski definition) is 2. The minimum atomic E-state index is -0.813. The van der Waals surface area contributed by atoms with Crippen molar-refractivity contribution in [3.05, 3.63) is 29.3 Å². The summed E-state index contributed by atoms with van der Waals surface area (Å²) in [6, 6.07) is 7.16. The molecule has 1 aliphatic rings. The molecule has 1 aliphatic carbocycles. The first-order chi connectivity index (χ1) is 9.11. The molecule has 0 aliphatic heterocycles. The second-order valence-electron chi connectivity index (χ2n) is 4.60. The van der Waals surface area contributed by atoms with Crippen LogP contribution in [-0.4, -0.2) is 34.8 Å². The Kier molecular flexibility index (Phi) is 4.15. The summed E-state index contributed by atoms with van der Waals surface area (Å²) in [5, 5.41) is 27.7. The molecule has 0 amide bonds. The van der Waals surface area contributed by atoms with E-state index in [4.69, 9.17) is 10.00 Å². The first kappa shape index (κ1) is 13.5. The monoisotopic (exact) mass is 261 g/mol. The third-order valence-electron chi connectivity index (χ3n) is 3.18. The highest BCUT2D eigenvalue weighted by atomic mass is 16.5. The predicted octanol–water partition coefficient (Wildman–Crippen LogP) is 0.369. The molecule has 100 valence electrons. The van der Waals surface area contributed by atoms with Crippen LogP contribution in [-0.2, 0) is 17.6 Å². The number of fused-ring (bicyclic) bond motifs is 1. The van der Waals surface area contributed by atoms with Gasteiger partial charge < -0.3 is 14.9 Å². The number of nitriles is 1. The number of ketones is 1. The number of benzene rings is 1. The van der Waals surface area contributed by atoms with Gasteiger partial charge in [-0.05, 0) is 11.6 Å². The van der Waals surface area contributed by atoms with Gasteiger partial charge in [-0.15, -0.1) is 0 Å². The topological polar surface area (TPSA) is 90.6 Å². The molecule has 0 radical (unpaired) electrons. The first-order valence-corrected chi connectivity index (χ1v) is 6.10. The van der Waals surface area contributed by atoms with Gasteiger partial charge in [0.25, 0.3) is 0 Å². The summed E-state index contributed by atoms with van der Waals surface area (Å²) < 4.78 is 5.41. The summed E-state index contributed by atoms with van der Waals surface area (Å²) in [7, 11) is 0. The minimum Gasteiger partial charge on any atom is -0.486 e. The van der Waals surface area contributed by atoms with E-state index in [2.05, 4.69) is 0 Å². The molecule has 0 aromatic heterocycles. The van der Waals surface area contributed by atoms with Gasteiger partial charge in [0, 0.05) is 18.4 Å². The molecule has 5 nitrogen and oxygen atoms in total. The van der Waals surface area contributed by atoms with E-state index in [9.17, 15) is 15.0 Å². The molecule has 0 bridgehead atoms. The van der Waals surface area contributed by atoms with Crippen molar-refractivity contribution in [2.24, 2.45) is 0 Å². The van der Waals surface area contributed by atoms with Crippen molar-refractivity contribution in [3.63, 3.8) is 0 Å². The maximum absolute atomic E-state index is 11.3.